The minimum Gasteiger partial charge on any atom is -0.451 e. The van der Waals surface area contributed by atoms with Crippen molar-refractivity contribution in [1.29, 1.82) is 0 Å². The maximum atomic E-state index is 12.0. The highest BCUT2D eigenvalue weighted by molar-refractivity contribution is 7.80. The first-order valence-corrected chi connectivity index (χ1v) is 8.84. The van der Waals surface area contributed by atoms with Crippen LogP contribution in [0.5, 0.6) is 0 Å². The minimum absolute atomic E-state index is 0.279. The molecule has 0 aliphatic carbocycles. The number of hydrogen-bond acceptors (Lipinski definition) is 7. The summed E-state index contributed by atoms with van der Waals surface area (Å²) in [7, 11) is -4.77. The van der Waals surface area contributed by atoms with Crippen LogP contribution in [-0.4, -0.2) is 52.4 Å². The number of hydroxylamine groups is 2. The average Bonchev–Trinajstić information content (AvgIpc) is 2.91. The molecule has 2 amide bonds. The Bertz CT molecular complexity index is 706. The zero-order chi connectivity index (χ0) is 16.1. The smallest absolute Gasteiger partial charge is 0.418 e. The number of aromatic nitrogens is 1. The first-order chi connectivity index (χ1) is 10.2. The third-order valence-corrected chi connectivity index (χ3v) is 5.11. The molecule has 9 nitrogen and oxygen atoms in total. The van der Waals surface area contributed by atoms with Gasteiger partial charge in [0, 0.05) is 0 Å². The second-order valence-corrected chi connectivity index (χ2v) is 7.43. The molecule has 120 valence electrons. The van der Waals surface area contributed by atoms with Gasteiger partial charge in [0.15, 0.2) is 0 Å². The van der Waals surface area contributed by atoms with E-state index in [0.29, 0.717) is 30.0 Å². The lowest BCUT2D eigenvalue weighted by molar-refractivity contribution is -0.0307. The van der Waals surface area contributed by atoms with Crippen molar-refractivity contribution in [2.45, 2.75) is 32.2 Å². The van der Waals surface area contributed by atoms with E-state index in [2.05, 4.69) is 9.27 Å². The summed E-state index contributed by atoms with van der Waals surface area (Å²) in [6, 6.07) is -1.21. The van der Waals surface area contributed by atoms with Crippen LogP contribution in [0.1, 0.15) is 21.6 Å². The van der Waals surface area contributed by atoms with E-state index in [1.807, 2.05) is 0 Å². The van der Waals surface area contributed by atoms with Gasteiger partial charge in [-0.15, -0.1) is 15.6 Å². The number of carbonyl (C=O) groups excluding carboxylic acids is 1. The van der Waals surface area contributed by atoms with Gasteiger partial charge in [0.25, 0.3) is 6.92 Å². The Hall–Kier alpha value is -1.21. The molecule has 3 heterocycles. The summed E-state index contributed by atoms with van der Waals surface area (Å²) >= 11 is 1.37. The quantitative estimate of drug-likeness (QED) is 0.581. The predicted molar refractivity (Wildman–Crippen MR) is 77.5 cm³/mol. The van der Waals surface area contributed by atoms with Gasteiger partial charge in [0.1, 0.15) is 6.04 Å². The third kappa shape index (κ3) is 2.97. The van der Waals surface area contributed by atoms with Gasteiger partial charge in [0.2, 0.25) is 0 Å². The number of hydrogen-bond donors (Lipinski definition) is 2. The van der Waals surface area contributed by atoms with Crippen LogP contribution in [0.25, 0.3) is 0 Å². The number of aryl methyl sites for hydroxylation is 1. The van der Waals surface area contributed by atoms with Crippen molar-refractivity contribution < 1.29 is 27.1 Å². The summed E-state index contributed by atoms with van der Waals surface area (Å²) in [6.07, 6.45) is 1.18. The van der Waals surface area contributed by atoms with Gasteiger partial charge in [-0.25, -0.2) is 9.78 Å². The molecule has 1 aromatic heterocycles. The zero-order valence-electron chi connectivity index (χ0n) is 11.7. The highest BCUT2D eigenvalue weighted by Gasteiger charge is 2.47. The molecule has 1 aromatic rings. The summed E-state index contributed by atoms with van der Waals surface area (Å²) < 4.78 is 35.0. The number of fused-ring (bicyclic) bond motifs is 4. The van der Waals surface area contributed by atoms with E-state index in [9.17, 15) is 18.2 Å². The minimum atomic E-state index is -4.77. The number of amides is 2. The van der Waals surface area contributed by atoms with Crippen LogP contribution in [0.3, 0.4) is 0 Å². The van der Waals surface area contributed by atoms with E-state index in [0.717, 1.165) is 9.88 Å². The fourth-order valence-corrected chi connectivity index (χ4v) is 4.08. The Morgan fingerprint density at radius 1 is 1.55 bits per heavy atom. The Morgan fingerprint density at radius 3 is 2.91 bits per heavy atom. The summed E-state index contributed by atoms with van der Waals surface area (Å²) in [6.45, 7) is 1.84. The van der Waals surface area contributed by atoms with Crippen LogP contribution < -0.4 is 0 Å². The van der Waals surface area contributed by atoms with Gasteiger partial charge >= 0.3 is 16.4 Å². The normalized spacial score (nSPS) is 20.5. The molecule has 0 radical (unpaired) electrons. The maximum Gasteiger partial charge on any atom is 0.418 e. The molecule has 2 aliphatic rings. The van der Waals surface area contributed by atoms with Gasteiger partial charge in [-0.3, -0.25) is 4.55 Å². The standard InChI is InChI=1S/C10H14BN3O6S2/c1-11(16)3-2-8-12-6-4-13-5-7(9(6)21-8)14(10(13)15)20-22(17,18)19/h7,16H,2-5H2,1H3,(H,17,18,19). The third-order valence-electron chi connectivity index (χ3n) is 3.50. The van der Waals surface area contributed by atoms with Gasteiger partial charge in [0.05, 0.1) is 28.7 Å². The molecular weight excluding hydrogens is 333 g/mol. The SMILES string of the molecule is CB(O)CCc1nc2c(s1)C1CN(C2)C(=O)N1OS(=O)(=O)O. The van der Waals surface area contributed by atoms with E-state index < -0.39 is 29.4 Å². The Labute approximate surface area is 131 Å². The number of carbonyl (C=O) groups is 1. The molecule has 2 aliphatic heterocycles. The van der Waals surface area contributed by atoms with Crippen LogP contribution >= 0.6 is 11.3 Å². The van der Waals surface area contributed by atoms with Crippen molar-refractivity contribution in [2.24, 2.45) is 0 Å². The first kappa shape index (κ1) is 15.7. The fourth-order valence-electron chi connectivity index (χ4n) is 2.55. The lowest BCUT2D eigenvalue weighted by Gasteiger charge is -2.20. The maximum absolute atomic E-state index is 12.0. The van der Waals surface area contributed by atoms with Crippen molar-refractivity contribution in [3.8, 4) is 0 Å². The summed E-state index contributed by atoms with van der Waals surface area (Å²) in [5, 5.41) is 10.8. The Morgan fingerprint density at radius 2 is 2.27 bits per heavy atom. The van der Waals surface area contributed by atoms with Crippen molar-refractivity contribution in [3.63, 3.8) is 0 Å². The molecule has 12 heteroatoms. The first-order valence-electron chi connectivity index (χ1n) is 6.66. The number of thiazole rings is 1. The van der Waals surface area contributed by atoms with Crippen LogP contribution in [-0.2, 0) is 27.6 Å². The van der Waals surface area contributed by atoms with Gasteiger partial charge in [-0.05, 0) is 12.7 Å². The molecule has 1 unspecified atom stereocenters. The predicted octanol–water partition coefficient (Wildman–Crippen LogP) is 0.326. The number of nitrogens with zero attached hydrogens (tertiary/aromatic N) is 3. The van der Waals surface area contributed by atoms with Crippen LogP contribution in [0.4, 0.5) is 4.79 Å². The summed E-state index contributed by atoms with van der Waals surface area (Å²) in [5.74, 6) is 0. The summed E-state index contributed by atoms with van der Waals surface area (Å²) in [5.41, 5.74) is 0.705. The van der Waals surface area contributed by atoms with Crippen molar-refractivity contribution in [3.05, 3.63) is 15.6 Å². The van der Waals surface area contributed by atoms with Gasteiger partial charge < -0.3 is 9.92 Å². The fraction of sp³-hybridized carbons (Fsp3) is 0.600. The molecular formula is C10H14BN3O6S2. The Balaban J connectivity index is 1.85. The van der Waals surface area contributed by atoms with Crippen molar-refractivity contribution in [2.75, 3.05) is 6.54 Å². The summed E-state index contributed by atoms with van der Waals surface area (Å²) in [4.78, 5) is 18.6. The van der Waals surface area contributed by atoms with E-state index in [-0.39, 0.29) is 6.54 Å². The molecule has 1 fully saturated rings. The van der Waals surface area contributed by atoms with E-state index in [1.165, 1.54) is 16.2 Å². The highest BCUT2D eigenvalue weighted by atomic mass is 32.3. The molecule has 0 spiro atoms. The van der Waals surface area contributed by atoms with Crippen LogP contribution in [0, 0.1) is 0 Å². The van der Waals surface area contributed by atoms with Gasteiger partial charge in [-0.1, -0.05) is 6.82 Å². The number of rotatable bonds is 5. The van der Waals surface area contributed by atoms with Crippen LogP contribution in [0.2, 0.25) is 13.1 Å². The molecule has 0 saturated carbocycles. The highest BCUT2D eigenvalue weighted by Crippen LogP contribution is 2.41. The second-order valence-electron chi connectivity index (χ2n) is 5.31. The van der Waals surface area contributed by atoms with Crippen molar-refractivity contribution in [1.82, 2.24) is 14.9 Å². The Kier molecular flexibility index (Phi) is 3.89. The molecule has 3 rings (SSSR count). The molecule has 22 heavy (non-hydrogen) atoms. The number of urea groups is 1. The molecule has 1 saturated heterocycles. The zero-order valence-corrected chi connectivity index (χ0v) is 13.3. The van der Waals surface area contributed by atoms with E-state index in [1.54, 1.807) is 6.82 Å². The molecule has 0 aromatic carbocycles. The van der Waals surface area contributed by atoms with Crippen LogP contribution in [0.15, 0.2) is 0 Å². The largest absolute Gasteiger partial charge is 0.451 e. The molecule has 2 bridgehead atoms. The lowest BCUT2D eigenvalue weighted by Crippen LogP contribution is -2.32. The lowest BCUT2D eigenvalue weighted by atomic mass is 9.67. The molecule has 2 N–H and O–H groups in total. The topological polar surface area (TPSA) is 120 Å². The average molecular weight is 347 g/mol. The van der Waals surface area contributed by atoms with Crippen molar-refractivity contribution >= 4 is 34.7 Å². The van der Waals surface area contributed by atoms with E-state index in [4.69, 9.17) is 4.55 Å². The van der Waals surface area contributed by atoms with E-state index >= 15 is 0 Å². The monoisotopic (exact) mass is 347 g/mol. The van der Waals surface area contributed by atoms with Gasteiger partial charge in [-0.2, -0.15) is 13.5 Å². The molecule has 1 atom stereocenters. The second kappa shape index (κ2) is 5.46.